The average molecular weight is 399 g/mol. The molecule has 0 fully saturated rings. The Bertz CT molecular complexity index is 803. The van der Waals surface area contributed by atoms with Gasteiger partial charge in [-0.25, -0.2) is 0 Å². The van der Waals surface area contributed by atoms with Crippen LogP contribution in [-0.4, -0.2) is 39.1 Å². The van der Waals surface area contributed by atoms with E-state index in [0.29, 0.717) is 19.4 Å². The number of hydrogen-bond donors (Lipinski definition) is 2. The molecule has 0 spiro atoms. The zero-order valence-electron chi connectivity index (χ0n) is 17.4. The van der Waals surface area contributed by atoms with Crippen molar-refractivity contribution < 1.29 is 19.1 Å². The Balaban J connectivity index is 1.64. The van der Waals surface area contributed by atoms with Crippen LogP contribution in [0.2, 0.25) is 0 Å². The molecule has 0 saturated heterocycles. The Labute approximate surface area is 172 Å². The van der Waals surface area contributed by atoms with E-state index in [-0.39, 0.29) is 18.4 Å². The van der Waals surface area contributed by atoms with Crippen LogP contribution in [0.4, 0.5) is 0 Å². The van der Waals surface area contributed by atoms with E-state index >= 15 is 0 Å². The van der Waals surface area contributed by atoms with Crippen LogP contribution in [0.25, 0.3) is 0 Å². The second-order valence-corrected chi connectivity index (χ2v) is 6.89. The third-order valence-electron chi connectivity index (χ3n) is 4.64. The Kier molecular flexibility index (Phi) is 9.02. The summed E-state index contributed by atoms with van der Waals surface area (Å²) in [6, 6.07) is 13.9. The topological polar surface area (TPSA) is 76.7 Å². The Morgan fingerprint density at radius 1 is 0.897 bits per heavy atom. The normalized spacial score (nSPS) is 10.3. The van der Waals surface area contributed by atoms with Crippen LogP contribution in [0, 0.1) is 6.92 Å². The lowest BCUT2D eigenvalue weighted by Crippen LogP contribution is -2.37. The molecule has 0 saturated carbocycles. The van der Waals surface area contributed by atoms with Gasteiger partial charge in [-0.05, 0) is 55.5 Å². The van der Waals surface area contributed by atoms with Gasteiger partial charge in [0, 0.05) is 13.0 Å². The number of methoxy groups -OCH3 is 2. The molecule has 0 aliphatic heterocycles. The quantitative estimate of drug-likeness (QED) is 0.610. The van der Waals surface area contributed by atoms with Gasteiger partial charge >= 0.3 is 0 Å². The van der Waals surface area contributed by atoms with E-state index < -0.39 is 0 Å². The van der Waals surface area contributed by atoms with Gasteiger partial charge in [0.05, 0.1) is 20.8 Å². The predicted molar refractivity (Wildman–Crippen MR) is 113 cm³/mol. The van der Waals surface area contributed by atoms with Crippen molar-refractivity contribution in [2.75, 3.05) is 27.3 Å². The molecule has 2 aromatic carbocycles. The van der Waals surface area contributed by atoms with Crippen LogP contribution in [0.1, 0.15) is 29.5 Å². The molecule has 0 bridgehead atoms. The summed E-state index contributed by atoms with van der Waals surface area (Å²) in [6.07, 6.45) is 2.62. The van der Waals surface area contributed by atoms with Gasteiger partial charge in [0.1, 0.15) is 11.5 Å². The zero-order valence-corrected chi connectivity index (χ0v) is 17.4. The maximum Gasteiger partial charge on any atom is 0.239 e. The van der Waals surface area contributed by atoms with Crippen molar-refractivity contribution in [3.8, 4) is 11.5 Å². The van der Waals surface area contributed by atoms with Crippen molar-refractivity contribution in [3.63, 3.8) is 0 Å². The van der Waals surface area contributed by atoms with Crippen molar-refractivity contribution in [2.24, 2.45) is 0 Å². The van der Waals surface area contributed by atoms with Crippen LogP contribution < -0.4 is 20.1 Å². The molecule has 0 heterocycles. The molecule has 29 heavy (non-hydrogen) atoms. The lowest BCUT2D eigenvalue weighted by atomic mass is 10.1. The molecule has 6 heteroatoms. The van der Waals surface area contributed by atoms with Crippen molar-refractivity contribution in [3.05, 3.63) is 59.2 Å². The van der Waals surface area contributed by atoms with Crippen molar-refractivity contribution in [1.82, 2.24) is 10.6 Å². The van der Waals surface area contributed by atoms with E-state index in [1.165, 1.54) is 11.1 Å². The third-order valence-corrected chi connectivity index (χ3v) is 4.64. The van der Waals surface area contributed by atoms with Gasteiger partial charge in [-0.1, -0.05) is 29.8 Å². The molecular weight excluding hydrogens is 368 g/mol. The van der Waals surface area contributed by atoms with E-state index in [1.54, 1.807) is 14.2 Å². The van der Waals surface area contributed by atoms with Gasteiger partial charge in [-0.2, -0.15) is 0 Å². The molecule has 0 atom stereocenters. The largest absolute Gasteiger partial charge is 0.497 e. The van der Waals surface area contributed by atoms with Crippen molar-refractivity contribution in [2.45, 2.75) is 32.6 Å². The fourth-order valence-electron chi connectivity index (χ4n) is 2.95. The fraction of sp³-hybridized carbons (Fsp3) is 0.391. The summed E-state index contributed by atoms with van der Waals surface area (Å²) in [5, 5.41) is 5.48. The first kappa shape index (κ1) is 22.3. The van der Waals surface area contributed by atoms with Gasteiger partial charge in [0.25, 0.3) is 0 Å². The maximum atomic E-state index is 12.0. The van der Waals surface area contributed by atoms with E-state index in [9.17, 15) is 9.59 Å². The van der Waals surface area contributed by atoms with E-state index in [1.807, 2.05) is 18.2 Å². The second kappa shape index (κ2) is 11.7. The molecule has 2 N–H and O–H groups in total. The highest BCUT2D eigenvalue weighted by Crippen LogP contribution is 2.24. The number of ether oxygens (including phenoxy) is 2. The highest BCUT2D eigenvalue weighted by Gasteiger charge is 2.08. The summed E-state index contributed by atoms with van der Waals surface area (Å²) < 4.78 is 10.6. The number of rotatable bonds is 11. The Morgan fingerprint density at radius 3 is 2.34 bits per heavy atom. The minimum absolute atomic E-state index is 0.0153. The molecule has 0 unspecified atom stereocenters. The van der Waals surface area contributed by atoms with Crippen LogP contribution >= 0.6 is 0 Å². The van der Waals surface area contributed by atoms with E-state index in [2.05, 4.69) is 41.8 Å². The molecule has 6 nitrogen and oxygen atoms in total. The third kappa shape index (κ3) is 7.86. The number of benzene rings is 2. The second-order valence-electron chi connectivity index (χ2n) is 6.89. The minimum atomic E-state index is -0.209. The van der Waals surface area contributed by atoms with E-state index in [4.69, 9.17) is 9.47 Å². The molecular formula is C23H30N2O4. The van der Waals surface area contributed by atoms with Gasteiger partial charge in [-0.15, -0.1) is 0 Å². The monoisotopic (exact) mass is 398 g/mol. The molecule has 2 amide bonds. The summed E-state index contributed by atoms with van der Waals surface area (Å²) in [5.41, 5.74) is 3.39. The summed E-state index contributed by atoms with van der Waals surface area (Å²) in [6.45, 7) is 2.49. The standard InChI is InChI=1S/C23H30N2O4/c1-17-7-9-18(10-8-17)5-4-6-22(26)25-16-23(27)24-14-13-19-15-20(28-2)11-12-21(19)29-3/h7-12,15H,4-6,13-14,16H2,1-3H3,(H,24,27)(H,25,26). The molecule has 0 radical (unpaired) electrons. The van der Waals surface area contributed by atoms with Crippen LogP contribution in [0.15, 0.2) is 42.5 Å². The summed E-state index contributed by atoms with van der Waals surface area (Å²) >= 11 is 0. The highest BCUT2D eigenvalue weighted by atomic mass is 16.5. The molecule has 156 valence electrons. The van der Waals surface area contributed by atoms with Gasteiger partial charge in [0.15, 0.2) is 0 Å². The van der Waals surface area contributed by atoms with Gasteiger partial charge < -0.3 is 20.1 Å². The molecule has 0 aliphatic rings. The Hall–Kier alpha value is -3.02. The lowest BCUT2D eigenvalue weighted by Gasteiger charge is -2.11. The van der Waals surface area contributed by atoms with Crippen LogP contribution in [0.5, 0.6) is 11.5 Å². The van der Waals surface area contributed by atoms with Crippen molar-refractivity contribution >= 4 is 11.8 Å². The molecule has 2 aromatic rings. The molecule has 0 aliphatic carbocycles. The summed E-state index contributed by atoms with van der Waals surface area (Å²) in [7, 11) is 3.22. The predicted octanol–water partition coefficient (Wildman–Crippen LogP) is 2.81. The number of nitrogens with one attached hydrogen (secondary N) is 2. The van der Waals surface area contributed by atoms with Crippen LogP contribution in [0.3, 0.4) is 0 Å². The highest BCUT2D eigenvalue weighted by molar-refractivity contribution is 5.84. The number of amides is 2. The van der Waals surface area contributed by atoms with E-state index in [0.717, 1.165) is 29.9 Å². The van der Waals surface area contributed by atoms with Crippen molar-refractivity contribution in [1.29, 1.82) is 0 Å². The van der Waals surface area contributed by atoms with Gasteiger partial charge in [-0.3, -0.25) is 9.59 Å². The lowest BCUT2D eigenvalue weighted by molar-refractivity contribution is -0.126. The summed E-state index contributed by atoms with van der Waals surface area (Å²) in [4.78, 5) is 23.9. The Morgan fingerprint density at radius 2 is 1.66 bits per heavy atom. The number of aryl methyl sites for hydroxylation is 2. The molecule has 0 aromatic heterocycles. The molecule has 2 rings (SSSR count). The minimum Gasteiger partial charge on any atom is -0.497 e. The summed E-state index contributed by atoms with van der Waals surface area (Å²) in [5.74, 6) is 1.17. The maximum absolute atomic E-state index is 12.0. The fourth-order valence-corrected chi connectivity index (χ4v) is 2.95. The first-order valence-electron chi connectivity index (χ1n) is 9.81. The van der Waals surface area contributed by atoms with Gasteiger partial charge in [0.2, 0.25) is 11.8 Å². The SMILES string of the molecule is COc1ccc(OC)c(CCNC(=O)CNC(=O)CCCc2ccc(C)cc2)c1. The zero-order chi connectivity index (χ0) is 21.1. The first-order chi connectivity index (χ1) is 14.0. The van der Waals surface area contributed by atoms with Crippen LogP contribution in [-0.2, 0) is 22.4 Å². The smallest absolute Gasteiger partial charge is 0.239 e. The first-order valence-corrected chi connectivity index (χ1v) is 9.81. The number of carbonyl (C=O) groups excluding carboxylic acids is 2. The number of carbonyl (C=O) groups is 2. The number of hydrogen-bond acceptors (Lipinski definition) is 4. The average Bonchev–Trinajstić information content (AvgIpc) is 2.73.